The molecule has 1 aliphatic rings. The van der Waals surface area contributed by atoms with Crippen LogP contribution in [0.3, 0.4) is 0 Å². The number of nitrogens with zero attached hydrogens (tertiary/aromatic N) is 2. The maximum atomic E-state index is 5.64. The summed E-state index contributed by atoms with van der Waals surface area (Å²) >= 11 is 0. The topological polar surface area (TPSA) is 43.8 Å². The van der Waals surface area contributed by atoms with E-state index in [1.165, 1.54) is 18.7 Å². The third-order valence-electron chi connectivity index (χ3n) is 2.50. The molecule has 0 aromatic carbocycles. The van der Waals surface area contributed by atoms with Crippen molar-refractivity contribution in [1.82, 2.24) is 9.55 Å². The highest BCUT2D eigenvalue weighted by atomic mass is 15.1. The highest BCUT2D eigenvalue weighted by Crippen LogP contribution is 2.15. The molecule has 1 aromatic rings. The first-order valence-corrected chi connectivity index (χ1v) is 5.25. The SMILES string of the molecule is CC(N)/C=C/c1cn2c(n1)CCCC2. The average molecular weight is 191 g/mol. The largest absolute Gasteiger partial charge is 0.334 e. The van der Waals surface area contributed by atoms with Gasteiger partial charge in [-0.1, -0.05) is 6.08 Å². The van der Waals surface area contributed by atoms with Gasteiger partial charge in [0.15, 0.2) is 0 Å². The quantitative estimate of drug-likeness (QED) is 0.771. The third-order valence-corrected chi connectivity index (χ3v) is 2.50. The van der Waals surface area contributed by atoms with Gasteiger partial charge < -0.3 is 10.3 Å². The molecule has 1 unspecified atom stereocenters. The molecule has 0 saturated carbocycles. The molecule has 3 nitrogen and oxygen atoms in total. The molecule has 14 heavy (non-hydrogen) atoms. The van der Waals surface area contributed by atoms with E-state index in [0.29, 0.717) is 0 Å². The van der Waals surface area contributed by atoms with Gasteiger partial charge >= 0.3 is 0 Å². The van der Waals surface area contributed by atoms with Crippen molar-refractivity contribution in [3.8, 4) is 0 Å². The maximum Gasteiger partial charge on any atom is 0.109 e. The molecule has 2 heterocycles. The summed E-state index contributed by atoms with van der Waals surface area (Å²) in [5.74, 6) is 1.22. The van der Waals surface area contributed by atoms with Crippen molar-refractivity contribution >= 4 is 6.08 Å². The van der Waals surface area contributed by atoms with Crippen molar-refractivity contribution in [3.63, 3.8) is 0 Å². The second-order valence-corrected chi connectivity index (χ2v) is 3.95. The van der Waals surface area contributed by atoms with E-state index in [1.54, 1.807) is 0 Å². The van der Waals surface area contributed by atoms with Gasteiger partial charge in [-0.2, -0.15) is 0 Å². The van der Waals surface area contributed by atoms with Crippen molar-refractivity contribution in [2.24, 2.45) is 5.73 Å². The fraction of sp³-hybridized carbons (Fsp3) is 0.545. The van der Waals surface area contributed by atoms with Gasteiger partial charge in [-0.05, 0) is 25.8 Å². The third kappa shape index (κ3) is 2.04. The van der Waals surface area contributed by atoms with Crippen LogP contribution < -0.4 is 5.73 Å². The monoisotopic (exact) mass is 191 g/mol. The second-order valence-electron chi connectivity index (χ2n) is 3.95. The molecule has 0 aliphatic carbocycles. The van der Waals surface area contributed by atoms with Gasteiger partial charge in [-0.15, -0.1) is 0 Å². The zero-order valence-electron chi connectivity index (χ0n) is 8.61. The number of aryl methyl sites for hydroxylation is 2. The molecule has 1 aliphatic heterocycles. The van der Waals surface area contributed by atoms with Crippen LogP contribution in [0.25, 0.3) is 6.08 Å². The molecule has 0 bridgehead atoms. The summed E-state index contributed by atoms with van der Waals surface area (Å²) in [6, 6.07) is 0.105. The van der Waals surface area contributed by atoms with E-state index in [2.05, 4.69) is 15.7 Å². The lowest BCUT2D eigenvalue weighted by atomic mass is 10.2. The number of nitrogens with two attached hydrogens (primary N) is 1. The Morgan fingerprint density at radius 3 is 3.14 bits per heavy atom. The van der Waals surface area contributed by atoms with E-state index in [4.69, 9.17) is 5.73 Å². The Hall–Kier alpha value is -1.09. The first kappa shape index (κ1) is 9.46. The number of imidazole rings is 1. The van der Waals surface area contributed by atoms with Crippen molar-refractivity contribution in [2.75, 3.05) is 0 Å². The predicted molar refractivity (Wildman–Crippen MR) is 57.8 cm³/mol. The number of rotatable bonds is 2. The van der Waals surface area contributed by atoms with Crippen molar-refractivity contribution in [2.45, 2.75) is 38.8 Å². The summed E-state index contributed by atoms with van der Waals surface area (Å²) < 4.78 is 2.25. The maximum absolute atomic E-state index is 5.64. The van der Waals surface area contributed by atoms with Crippen LogP contribution in [0, 0.1) is 0 Å². The number of aromatic nitrogens is 2. The van der Waals surface area contributed by atoms with Crippen LogP contribution in [0.1, 0.15) is 31.3 Å². The smallest absolute Gasteiger partial charge is 0.109 e. The summed E-state index contributed by atoms with van der Waals surface area (Å²) in [6.45, 7) is 3.08. The molecule has 0 spiro atoms. The first-order chi connectivity index (χ1) is 6.75. The molecule has 0 amide bonds. The van der Waals surface area contributed by atoms with E-state index in [0.717, 1.165) is 18.7 Å². The highest BCUT2D eigenvalue weighted by molar-refractivity contribution is 5.44. The Labute approximate surface area is 84.6 Å². The molecule has 3 heteroatoms. The summed E-state index contributed by atoms with van der Waals surface area (Å²) in [5.41, 5.74) is 6.68. The van der Waals surface area contributed by atoms with Gasteiger partial charge in [0.25, 0.3) is 0 Å². The van der Waals surface area contributed by atoms with Crippen molar-refractivity contribution in [3.05, 3.63) is 23.8 Å². The normalized spacial score (nSPS) is 18.4. The zero-order valence-corrected chi connectivity index (χ0v) is 8.61. The predicted octanol–water partition coefficient (Wildman–Crippen LogP) is 1.58. The Kier molecular flexibility index (Phi) is 2.68. The second kappa shape index (κ2) is 3.96. The Morgan fingerprint density at radius 2 is 2.43 bits per heavy atom. The minimum Gasteiger partial charge on any atom is -0.334 e. The fourth-order valence-corrected chi connectivity index (χ4v) is 1.77. The fourth-order valence-electron chi connectivity index (χ4n) is 1.77. The Balaban J connectivity index is 2.16. The summed E-state index contributed by atoms with van der Waals surface area (Å²) in [5, 5.41) is 0. The Morgan fingerprint density at radius 1 is 1.57 bits per heavy atom. The van der Waals surface area contributed by atoms with Crippen LogP contribution in [0.2, 0.25) is 0 Å². The van der Waals surface area contributed by atoms with Crippen LogP contribution >= 0.6 is 0 Å². The number of hydrogen-bond acceptors (Lipinski definition) is 2. The molecule has 0 radical (unpaired) electrons. The lowest BCUT2D eigenvalue weighted by Gasteiger charge is -2.11. The number of fused-ring (bicyclic) bond motifs is 1. The molecule has 76 valence electrons. The minimum atomic E-state index is 0.105. The van der Waals surface area contributed by atoms with Crippen LogP contribution in [0.5, 0.6) is 0 Å². The zero-order chi connectivity index (χ0) is 9.97. The molecule has 0 saturated heterocycles. The van der Waals surface area contributed by atoms with Gasteiger partial charge in [0, 0.05) is 25.2 Å². The summed E-state index contributed by atoms with van der Waals surface area (Å²) in [4.78, 5) is 4.54. The molecule has 2 rings (SSSR count). The summed E-state index contributed by atoms with van der Waals surface area (Å²) in [6.07, 6.45) is 9.77. The minimum absolute atomic E-state index is 0.105. The van der Waals surface area contributed by atoms with Crippen LogP contribution in [-0.2, 0) is 13.0 Å². The lowest BCUT2D eigenvalue weighted by Crippen LogP contribution is -2.09. The van der Waals surface area contributed by atoms with E-state index in [-0.39, 0.29) is 6.04 Å². The standard InChI is InChI=1S/C11H17N3/c1-9(12)5-6-10-8-14-7-3-2-4-11(14)13-10/h5-6,8-9H,2-4,7,12H2,1H3/b6-5+. The van der Waals surface area contributed by atoms with Crippen LogP contribution in [0.4, 0.5) is 0 Å². The number of hydrogen-bond donors (Lipinski definition) is 1. The molecular formula is C11H17N3. The first-order valence-electron chi connectivity index (χ1n) is 5.25. The van der Waals surface area contributed by atoms with Gasteiger partial charge in [0.05, 0.1) is 5.69 Å². The van der Waals surface area contributed by atoms with E-state index in [9.17, 15) is 0 Å². The van der Waals surface area contributed by atoms with Gasteiger partial charge in [0.1, 0.15) is 5.82 Å². The summed E-state index contributed by atoms with van der Waals surface area (Å²) in [7, 11) is 0. The lowest BCUT2D eigenvalue weighted by molar-refractivity contribution is 0.522. The molecular weight excluding hydrogens is 174 g/mol. The van der Waals surface area contributed by atoms with Crippen LogP contribution in [0.15, 0.2) is 12.3 Å². The van der Waals surface area contributed by atoms with E-state index >= 15 is 0 Å². The van der Waals surface area contributed by atoms with E-state index in [1.807, 2.05) is 19.1 Å². The van der Waals surface area contributed by atoms with Crippen molar-refractivity contribution < 1.29 is 0 Å². The van der Waals surface area contributed by atoms with Crippen molar-refractivity contribution in [1.29, 1.82) is 0 Å². The Bertz CT molecular complexity index is 313. The molecule has 0 fully saturated rings. The highest BCUT2D eigenvalue weighted by Gasteiger charge is 2.10. The molecule has 1 aromatic heterocycles. The van der Waals surface area contributed by atoms with Crippen LogP contribution in [-0.4, -0.2) is 15.6 Å². The van der Waals surface area contributed by atoms with E-state index < -0.39 is 0 Å². The molecule has 1 atom stereocenters. The molecule has 2 N–H and O–H groups in total. The average Bonchev–Trinajstić information content (AvgIpc) is 2.57. The van der Waals surface area contributed by atoms with Gasteiger partial charge in [-0.25, -0.2) is 4.98 Å². The van der Waals surface area contributed by atoms with Gasteiger partial charge in [0.2, 0.25) is 0 Å². The van der Waals surface area contributed by atoms with Gasteiger partial charge in [-0.3, -0.25) is 0 Å².